The molecule has 0 aliphatic heterocycles. The summed E-state index contributed by atoms with van der Waals surface area (Å²) in [5.74, 6) is 3.17. The molecule has 25 heavy (non-hydrogen) atoms. The van der Waals surface area contributed by atoms with Crippen molar-refractivity contribution in [2.75, 3.05) is 20.2 Å². The van der Waals surface area contributed by atoms with Crippen LogP contribution >= 0.6 is 0 Å². The Hall–Kier alpha value is -2.50. The van der Waals surface area contributed by atoms with Crippen LogP contribution in [0.1, 0.15) is 36.3 Å². The molecule has 0 saturated heterocycles. The van der Waals surface area contributed by atoms with Crippen molar-refractivity contribution < 1.29 is 9.15 Å². The number of oxazole rings is 1. The number of hydrogen-bond acceptors (Lipinski definition) is 4. The van der Waals surface area contributed by atoms with Crippen LogP contribution in [0.15, 0.2) is 33.7 Å². The highest BCUT2D eigenvalue weighted by Gasteiger charge is 2.05. The lowest BCUT2D eigenvalue weighted by atomic mass is 10.1. The summed E-state index contributed by atoms with van der Waals surface area (Å²) in [6.07, 6.45) is 2.00. The molecule has 0 aliphatic rings. The zero-order valence-electron chi connectivity index (χ0n) is 15.6. The third kappa shape index (κ3) is 6.14. The number of nitrogens with zero attached hydrogens (tertiary/aromatic N) is 2. The van der Waals surface area contributed by atoms with Gasteiger partial charge in [-0.3, -0.25) is 0 Å². The molecule has 0 amide bonds. The van der Waals surface area contributed by atoms with Crippen molar-refractivity contribution in [3.63, 3.8) is 0 Å². The van der Waals surface area contributed by atoms with E-state index < -0.39 is 0 Å². The predicted octanol–water partition coefficient (Wildman–Crippen LogP) is 2.99. The zero-order valence-corrected chi connectivity index (χ0v) is 15.6. The third-order valence-electron chi connectivity index (χ3n) is 3.86. The topological polar surface area (TPSA) is 71.7 Å². The van der Waals surface area contributed by atoms with Crippen molar-refractivity contribution in [1.29, 1.82) is 0 Å². The molecule has 1 aromatic heterocycles. The number of rotatable bonds is 8. The minimum Gasteiger partial charge on any atom is -0.497 e. The number of aryl methyl sites for hydroxylation is 3. The molecule has 0 saturated carbocycles. The molecule has 1 aromatic carbocycles. The van der Waals surface area contributed by atoms with Crippen LogP contribution in [-0.4, -0.2) is 31.1 Å². The van der Waals surface area contributed by atoms with Gasteiger partial charge < -0.3 is 19.8 Å². The fourth-order valence-corrected chi connectivity index (χ4v) is 2.42. The summed E-state index contributed by atoms with van der Waals surface area (Å²) in [5.41, 5.74) is 2.19. The maximum Gasteiger partial charge on any atom is 0.216 e. The van der Waals surface area contributed by atoms with Gasteiger partial charge in [-0.1, -0.05) is 12.1 Å². The van der Waals surface area contributed by atoms with E-state index in [9.17, 15) is 0 Å². The van der Waals surface area contributed by atoms with Gasteiger partial charge in [0.1, 0.15) is 18.1 Å². The van der Waals surface area contributed by atoms with Gasteiger partial charge in [0.15, 0.2) is 5.96 Å². The van der Waals surface area contributed by atoms with Crippen LogP contribution in [0.5, 0.6) is 5.75 Å². The van der Waals surface area contributed by atoms with E-state index in [1.54, 1.807) is 7.11 Å². The Labute approximate surface area is 149 Å². The lowest BCUT2D eigenvalue weighted by Crippen LogP contribution is -2.37. The number of ether oxygens (including phenoxy) is 1. The van der Waals surface area contributed by atoms with E-state index in [0.717, 1.165) is 49.1 Å². The molecular weight excluding hydrogens is 316 g/mol. The molecule has 0 spiro atoms. The second kappa shape index (κ2) is 9.71. The van der Waals surface area contributed by atoms with Gasteiger partial charge in [-0.05, 0) is 51.3 Å². The van der Waals surface area contributed by atoms with Gasteiger partial charge in [0.25, 0.3) is 0 Å². The number of aliphatic imine (C=N–C) groups is 1. The summed E-state index contributed by atoms with van der Waals surface area (Å²) in [6, 6.07) is 8.18. The number of nitrogens with one attached hydrogen (secondary N) is 2. The molecule has 2 rings (SSSR count). The number of hydrogen-bond donors (Lipinski definition) is 2. The van der Waals surface area contributed by atoms with E-state index in [0.29, 0.717) is 12.4 Å². The first kappa shape index (κ1) is 18.8. The van der Waals surface area contributed by atoms with Gasteiger partial charge in [-0.2, -0.15) is 0 Å². The van der Waals surface area contributed by atoms with Crippen LogP contribution < -0.4 is 15.4 Å². The predicted molar refractivity (Wildman–Crippen MR) is 100 cm³/mol. The Morgan fingerprint density at radius 2 is 2.12 bits per heavy atom. The highest BCUT2D eigenvalue weighted by atomic mass is 16.5. The van der Waals surface area contributed by atoms with Gasteiger partial charge in [0.05, 0.1) is 12.8 Å². The average molecular weight is 344 g/mol. The lowest BCUT2D eigenvalue weighted by Gasteiger charge is -2.11. The lowest BCUT2D eigenvalue weighted by molar-refractivity contribution is 0.414. The number of aromatic nitrogens is 1. The summed E-state index contributed by atoms with van der Waals surface area (Å²) < 4.78 is 10.8. The van der Waals surface area contributed by atoms with Crippen molar-refractivity contribution in [3.8, 4) is 5.75 Å². The number of benzene rings is 1. The molecule has 1 heterocycles. The molecule has 0 bridgehead atoms. The van der Waals surface area contributed by atoms with Crippen molar-refractivity contribution in [3.05, 3.63) is 47.2 Å². The Bertz CT molecular complexity index is 675. The molecule has 6 nitrogen and oxygen atoms in total. The van der Waals surface area contributed by atoms with Gasteiger partial charge >= 0.3 is 0 Å². The van der Waals surface area contributed by atoms with E-state index in [4.69, 9.17) is 9.15 Å². The molecule has 0 radical (unpaired) electrons. The van der Waals surface area contributed by atoms with Crippen molar-refractivity contribution in [1.82, 2.24) is 15.6 Å². The second-order valence-corrected chi connectivity index (χ2v) is 5.83. The molecular formula is C19H28N4O2. The minimum absolute atomic E-state index is 0.430. The maximum absolute atomic E-state index is 5.56. The van der Waals surface area contributed by atoms with Crippen LogP contribution in [0.2, 0.25) is 0 Å². The summed E-state index contributed by atoms with van der Waals surface area (Å²) in [4.78, 5) is 8.88. The maximum atomic E-state index is 5.56. The van der Waals surface area contributed by atoms with E-state index >= 15 is 0 Å². The average Bonchev–Trinajstić information content (AvgIpc) is 2.94. The summed E-state index contributed by atoms with van der Waals surface area (Å²) in [7, 11) is 1.69. The number of guanidine groups is 1. The molecule has 2 aromatic rings. The summed E-state index contributed by atoms with van der Waals surface area (Å²) in [6.45, 7) is 7.98. The Balaban J connectivity index is 1.81. The first-order valence-corrected chi connectivity index (χ1v) is 8.70. The van der Waals surface area contributed by atoms with E-state index in [1.807, 2.05) is 32.9 Å². The highest BCUT2D eigenvalue weighted by molar-refractivity contribution is 5.79. The van der Waals surface area contributed by atoms with Crippen molar-refractivity contribution in [2.24, 2.45) is 4.99 Å². The van der Waals surface area contributed by atoms with Crippen LogP contribution in [0.25, 0.3) is 0 Å². The molecule has 0 fully saturated rings. The van der Waals surface area contributed by atoms with E-state index in [2.05, 4.69) is 32.7 Å². The van der Waals surface area contributed by atoms with Crippen LogP contribution in [0, 0.1) is 13.8 Å². The smallest absolute Gasteiger partial charge is 0.216 e. The minimum atomic E-state index is 0.430. The zero-order chi connectivity index (χ0) is 18.1. The first-order valence-electron chi connectivity index (χ1n) is 8.70. The largest absolute Gasteiger partial charge is 0.497 e. The van der Waals surface area contributed by atoms with Crippen molar-refractivity contribution >= 4 is 5.96 Å². The molecule has 6 heteroatoms. The molecule has 0 unspecified atom stereocenters. The van der Waals surface area contributed by atoms with Gasteiger partial charge in [-0.15, -0.1) is 0 Å². The van der Waals surface area contributed by atoms with E-state index in [1.165, 1.54) is 5.56 Å². The standard InChI is InChI=1S/C19H28N4O2/c1-5-20-19(22-13-18-23-14(2)15(3)25-18)21-11-7-9-16-8-6-10-17(12-16)24-4/h6,8,10,12H,5,7,9,11,13H2,1-4H3,(H2,20,21,22). The summed E-state index contributed by atoms with van der Waals surface area (Å²) >= 11 is 0. The van der Waals surface area contributed by atoms with Crippen LogP contribution in [0.4, 0.5) is 0 Å². The Morgan fingerprint density at radius 3 is 2.80 bits per heavy atom. The summed E-state index contributed by atoms with van der Waals surface area (Å²) in [5, 5.41) is 6.59. The van der Waals surface area contributed by atoms with Crippen LogP contribution in [-0.2, 0) is 13.0 Å². The molecule has 0 aliphatic carbocycles. The Morgan fingerprint density at radius 1 is 1.28 bits per heavy atom. The van der Waals surface area contributed by atoms with Gasteiger partial charge in [0, 0.05) is 13.1 Å². The molecule has 0 atom stereocenters. The fraction of sp³-hybridized carbons (Fsp3) is 0.474. The van der Waals surface area contributed by atoms with Gasteiger partial charge in [0.2, 0.25) is 5.89 Å². The van der Waals surface area contributed by atoms with E-state index in [-0.39, 0.29) is 0 Å². The normalized spacial score (nSPS) is 11.4. The highest BCUT2D eigenvalue weighted by Crippen LogP contribution is 2.13. The Kier molecular flexibility index (Phi) is 7.32. The molecule has 2 N–H and O–H groups in total. The monoisotopic (exact) mass is 344 g/mol. The van der Waals surface area contributed by atoms with Gasteiger partial charge in [-0.25, -0.2) is 9.98 Å². The second-order valence-electron chi connectivity index (χ2n) is 5.83. The number of methoxy groups -OCH3 is 1. The van der Waals surface area contributed by atoms with Crippen LogP contribution in [0.3, 0.4) is 0 Å². The fourth-order valence-electron chi connectivity index (χ4n) is 2.42. The van der Waals surface area contributed by atoms with Crippen molar-refractivity contribution in [2.45, 2.75) is 40.2 Å². The quantitative estimate of drug-likeness (QED) is 0.438. The first-order chi connectivity index (χ1) is 12.1. The third-order valence-corrected chi connectivity index (χ3v) is 3.86. The molecule has 136 valence electrons. The SMILES string of the molecule is CCNC(=NCc1nc(C)c(C)o1)NCCCc1cccc(OC)c1.